The summed E-state index contributed by atoms with van der Waals surface area (Å²) in [7, 11) is 1.61. The molecule has 2 aromatic carbocycles. The van der Waals surface area contributed by atoms with Crippen LogP contribution in [0.4, 0.5) is 5.69 Å². The van der Waals surface area contributed by atoms with Gasteiger partial charge in [0.15, 0.2) is 5.78 Å². The minimum absolute atomic E-state index is 0.0701. The molecule has 4 fully saturated rings. The van der Waals surface area contributed by atoms with Crippen molar-refractivity contribution in [1.29, 1.82) is 0 Å². The molecule has 0 N–H and O–H groups in total. The second-order valence-electron chi connectivity index (χ2n) is 10.5. The molecule has 34 heavy (non-hydrogen) atoms. The van der Waals surface area contributed by atoms with Crippen LogP contribution in [-0.4, -0.2) is 17.8 Å². The summed E-state index contributed by atoms with van der Waals surface area (Å²) in [5.41, 5.74) is 2.27. The summed E-state index contributed by atoms with van der Waals surface area (Å²) in [6.45, 7) is 1.95. The molecule has 0 saturated heterocycles. The molecule has 0 spiro atoms. The molecule has 4 aliphatic carbocycles. The monoisotopic (exact) mass is 461 g/mol. The molecule has 0 aliphatic heterocycles. The molecule has 6 heteroatoms. The van der Waals surface area contributed by atoms with Crippen molar-refractivity contribution in [3.63, 3.8) is 0 Å². The van der Waals surface area contributed by atoms with E-state index >= 15 is 0 Å². The predicted octanol–water partition coefficient (Wildman–Crippen LogP) is 6.29. The van der Waals surface area contributed by atoms with Crippen molar-refractivity contribution < 1.29 is 19.2 Å². The number of carbonyl (C=O) groups excluding carboxylic acids is 1. The summed E-state index contributed by atoms with van der Waals surface area (Å²) in [4.78, 5) is 23.9. The lowest BCUT2D eigenvalue weighted by atomic mass is 9.48. The topological polar surface area (TPSA) is 78.7 Å². The first kappa shape index (κ1) is 22.6. The molecule has 0 heterocycles. The highest BCUT2D eigenvalue weighted by Crippen LogP contribution is 2.60. The van der Waals surface area contributed by atoms with Crippen LogP contribution in [0.3, 0.4) is 0 Å². The minimum atomic E-state index is -0.400. The van der Waals surface area contributed by atoms with E-state index in [4.69, 9.17) is 9.47 Å². The van der Waals surface area contributed by atoms with Crippen molar-refractivity contribution in [2.45, 2.75) is 52.1 Å². The number of nitro benzene ring substituents is 1. The highest BCUT2D eigenvalue weighted by molar-refractivity contribution is 5.98. The van der Waals surface area contributed by atoms with E-state index in [2.05, 4.69) is 0 Å². The molecule has 0 atom stereocenters. The largest absolute Gasteiger partial charge is 0.496 e. The molecule has 4 bridgehead atoms. The summed E-state index contributed by atoms with van der Waals surface area (Å²) in [5.74, 6) is 3.79. The van der Waals surface area contributed by atoms with Crippen molar-refractivity contribution >= 4 is 17.5 Å². The summed E-state index contributed by atoms with van der Waals surface area (Å²) in [6, 6.07) is 10.5. The van der Waals surface area contributed by atoms with Gasteiger partial charge in [-0.2, -0.15) is 0 Å². The van der Waals surface area contributed by atoms with Gasteiger partial charge in [0.25, 0.3) is 5.69 Å². The van der Waals surface area contributed by atoms with Gasteiger partial charge in [-0.25, -0.2) is 0 Å². The van der Waals surface area contributed by atoms with Gasteiger partial charge in [0.1, 0.15) is 18.1 Å². The number of nitrogens with zero attached hydrogens (tertiary/aromatic N) is 1. The Labute approximate surface area is 200 Å². The second kappa shape index (κ2) is 8.90. The van der Waals surface area contributed by atoms with E-state index in [0.717, 1.165) is 48.1 Å². The zero-order chi connectivity index (χ0) is 23.9. The molecule has 0 amide bonds. The minimum Gasteiger partial charge on any atom is -0.496 e. The van der Waals surface area contributed by atoms with E-state index in [-0.39, 0.29) is 17.7 Å². The summed E-state index contributed by atoms with van der Waals surface area (Å²) in [5, 5.41) is 11.0. The quantitative estimate of drug-likeness (QED) is 0.262. The number of carbonyl (C=O) groups is 1. The number of allylic oxidation sites excluding steroid dienone is 1. The Morgan fingerprint density at radius 1 is 1.09 bits per heavy atom. The van der Waals surface area contributed by atoms with Crippen molar-refractivity contribution in [3.8, 4) is 11.5 Å². The highest BCUT2D eigenvalue weighted by atomic mass is 16.6. The van der Waals surface area contributed by atoms with Crippen LogP contribution in [-0.2, 0) is 11.4 Å². The number of methoxy groups -OCH3 is 1. The number of rotatable bonds is 8. The van der Waals surface area contributed by atoms with Crippen LogP contribution in [0.15, 0.2) is 42.5 Å². The van der Waals surface area contributed by atoms with E-state index in [1.54, 1.807) is 32.2 Å². The van der Waals surface area contributed by atoms with Gasteiger partial charge in [-0.1, -0.05) is 12.1 Å². The van der Waals surface area contributed by atoms with Gasteiger partial charge in [0.2, 0.25) is 0 Å². The molecule has 4 aliphatic rings. The van der Waals surface area contributed by atoms with Gasteiger partial charge < -0.3 is 9.47 Å². The predicted molar refractivity (Wildman–Crippen MR) is 130 cm³/mol. The Balaban J connectivity index is 1.29. The molecule has 4 saturated carbocycles. The molecule has 0 unspecified atom stereocenters. The lowest BCUT2D eigenvalue weighted by Gasteiger charge is -2.55. The van der Waals surface area contributed by atoms with Crippen LogP contribution in [0.1, 0.15) is 55.2 Å². The maximum absolute atomic E-state index is 13.3. The van der Waals surface area contributed by atoms with Crippen LogP contribution in [0.2, 0.25) is 0 Å². The van der Waals surface area contributed by atoms with Crippen molar-refractivity contribution in [2.24, 2.45) is 23.2 Å². The van der Waals surface area contributed by atoms with Crippen LogP contribution in [0.25, 0.3) is 6.08 Å². The zero-order valence-electron chi connectivity index (χ0n) is 19.8. The lowest BCUT2D eigenvalue weighted by Crippen LogP contribution is -2.49. The third-order valence-electron chi connectivity index (χ3n) is 8.05. The van der Waals surface area contributed by atoms with Crippen molar-refractivity contribution in [2.75, 3.05) is 7.11 Å². The smallest absolute Gasteiger partial charge is 0.272 e. The molecule has 0 aromatic heterocycles. The standard InChI is InChI=1S/C28H31NO5/c1-18-9-24(5-6-25(18)29(31)32)34-17-23-13-19(3-7-26(23)33-2)4-8-27(30)28-14-20-10-21(15-28)12-22(11-20)16-28/h3-9,13,20-22H,10-12,14-17H2,1-2H3. The van der Waals surface area contributed by atoms with Crippen LogP contribution in [0, 0.1) is 40.2 Å². The fourth-order valence-electron chi connectivity index (χ4n) is 6.86. The number of benzene rings is 2. The molecule has 178 valence electrons. The van der Waals surface area contributed by atoms with E-state index < -0.39 is 4.92 Å². The normalized spacial score (nSPS) is 27.2. The van der Waals surface area contributed by atoms with E-state index in [9.17, 15) is 14.9 Å². The average molecular weight is 462 g/mol. The van der Waals surface area contributed by atoms with E-state index in [1.165, 1.54) is 25.3 Å². The van der Waals surface area contributed by atoms with Crippen molar-refractivity contribution in [1.82, 2.24) is 0 Å². The second-order valence-corrected chi connectivity index (χ2v) is 10.5. The highest BCUT2D eigenvalue weighted by Gasteiger charge is 2.53. The number of nitro groups is 1. The van der Waals surface area contributed by atoms with Gasteiger partial charge in [-0.05, 0) is 99.1 Å². The maximum atomic E-state index is 13.3. The molecule has 0 radical (unpaired) electrons. The summed E-state index contributed by atoms with van der Waals surface area (Å²) >= 11 is 0. The van der Waals surface area contributed by atoms with E-state index in [1.807, 2.05) is 24.3 Å². The van der Waals surface area contributed by atoms with Gasteiger partial charge in [-0.3, -0.25) is 14.9 Å². The Bertz CT molecular complexity index is 1120. The zero-order valence-corrected chi connectivity index (χ0v) is 19.8. The molecule has 2 aromatic rings. The molecule has 6 nitrogen and oxygen atoms in total. The number of aryl methyl sites for hydroxylation is 1. The summed E-state index contributed by atoms with van der Waals surface area (Å²) in [6.07, 6.45) is 10.9. The Kier molecular flexibility index (Phi) is 5.92. The maximum Gasteiger partial charge on any atom is 0.272 e. The van der Waals surface area contributed by atoms with Gasteiger partial charge in [-0.15, -0.1) is 0 Å². The lowest BCUT2D eigenvalue weighted by molar-refractivity contribution is -0.385. The first-order valence-electron chi connectivity index (χ1n) is 12.1. The average Bonchev–Trinajstić information content (AvgIpc) is 2.80. The fraction of sp³-hybridized carbons (Fsp3) is 0.464. The van der Waals surface area contributed by atoms with Gasteiger partial charge in [0, 0.05) is 22.6 Å². The first-order valence-corrected chi connectivity index (χ1v) is 12.1. The van der Waals surface area contributed by atoms with Crippen LogP contribution < -0.4 is 9.47 Å². The third kappa shape index (κ3) is 4.33. The van der Waals surface area contributed by atoms with Gasteiger partial charge in [0.05, 0.1) is 12.0 Å². The summed E-state index contributed by atoms with van der Waals surface area (Å²) < 4.78 is 11.4. The van der Waals surface area contributed by atoms with E-state index in [0.29, 0.717) is 22.8 Å². The third-order valence-corrected chi connectivity index (χ3v) is 8.05. The number of hydrogen-bond donors (Lipinski definition) is 0. The first-order chi connectivity index (χ1) is 16.3. The molecule has 6 rings (SSSR count). The number of hydrogen-bond acceptors (Lipinski definition) is 5. The van der Waals surface area contributed by atoms with Crippen LogP contribution >= 0.6 is 0 Å². The Morgan fingerprint density at radius 3 is 2.35 bits per heavy atom. The van der Waals surface area contributed by atoms with Crippen molar-refractivity contribution in [3.05, 3.63) is 69.3 Å². The number of ether oxygens (including phenoxy) is 2. The number of ketones is 1. The molecular formula is C28H31NO5. The Hall–Kier alpha value is -3.15. The Morgan fingerprint density at radius 2 is 1.76 bits per heavy atom. The van der Waals surface area contributed by atoms with Crippen LogP contribution in [0.5, 0.6) is 11.5 Å². The fourth-order valence-corrected chi connectivity index (χ4v) is 6.86. The molecular weight excluding hydrogens is 430 g/mol. The van der Waals surface area contributed by atoms with Gasteiger partial charge >= 0.3 is 0 Å². The SMILES string of the molecule is COc1ccc(C=CC(=O)C23CC4CC(CC(C4)C2)C3)cc1COc1ccc([N+](=O)[O-])c(C)c1.